The highest BCUT2D eigenvalue weighted by molar-refractivity contribution is 5.94. The molecule has 0 aliphatic heterocycles. The quantitative estimate of drug-likeness (QED) is 0.722. The lowest BCUT2D eigenvalue weighted by molar-refractivity contribution is 0.0947. The van der Waals surface area contributed by atoms with Crippen LogP contribution in [0, 0.1) is 0 Å². The van der Waals surface area contributed by atoms with E-state index in [0.717, 1.165) is 17.1 Å². The molecule has 25 heavy (non-hydrogen) atoms. The minimum atomic E-state index is -0.199. The van der Waals surface area contributed by atoms with Crippen molar-refractivity contribution in [2.45, 2.75) is 6.54 Å². The van der Waals surface area contributed by atoms with E-state index >= 15 is 0 Å². The minimum absolute atomic E-state index is 0.199. The van der Waals surface area contributed by atoms with Crippen LogP contribution in [-0.4, -0.2) is 25.0 Å². The summed E-state index contributed by atoms with van der Waals surface area (Å²) in [5.41, 5.74) is 3.29. The Hall–Kier alpha value is -3.28. The van der Waals surface area contributed by atoms with Crippen LogP contribution >= 0.6 is 0 Å². The first-order valence-corrected chi connectivity index (χ1v) is 7.92. The summed E-state index contributed by atoms with van der Waals surface area (Å²) in [4.78, 5) is 18.4. The highest BCUT2D eigenvalue weighted by Gasteiger charge is 2.08. The Morgan fingerprint density at radius 1 is 1.12 bits per heavy atom. The predicted octanol–water partition coefficient (Wildman–Crippen LogP) is 3.41. The van der Waals surface area contributed by atoms with Crippen molar-refractivity contribution < 1.29 is 9.21 Å². The SMILES string of the molecule is CN(C)c1ccc(Nc2cncc(C(=O)NCc3ccco3)c2)cc1. The average Bonchev–Trinajstić information content (AvgIpc) is 3.14. The molecule has 0 spiro atoms. The summed E-state index contributed by atoms with van der Waals surface area (Å²) in [6, 6.07) is 13.4. The number of carbonyl (C=O) groups excluding carboxylic acids is 1. The summed E-state index contributed by atoms with van der Waals surface area (Å²) in [5, 5.41) is 6.06. The van der Waals surface area contributed by atoms with Crippen molar-refractivity contribution in [2.75, 3.05) is 24.3 Å². The third-order valence-corrected chi connectivity index (χ3v) is 3.68. The first-order chi connectivity index (χ1) is 12.1. The number of amides is 1. The minimum Gasteiger partial charge on any atom is -0.467 e. The van der Waals surface area contributed by atoms with E-state index in [2.05, 4.69) is 15.6 Å². The maximum absolute atomic E-state index is 12.2. The summed E-state index contributed by atoms with van der Waals surface area (Å²) in [5.74, 6) is 0.507. The molecule has 2 aromatic heterocycles. The number of carbonyl (C=O) groups is 1. The van der Waals surface area contributed by atoms with Crippen molar-refractivity contribution in [3.8, 4) is 0 Å². The van der Waals surface area contributed by atoms with Gasteiger partial charge in [0.25, 0.3) is 5.91 Å². The van der Waals surface area contributed by atoms with E-state index in [-0.39, 0.29) is 5.91 Å². The van der Waals surface area contributed by atoms with E-state index in [1.165, 1.54) is 6.20 Å². The normalized spacial score (nSPS) is 10.3. The molecule has 1 aromatic carbocycles. The highest BCUT2D eigenvalue weighted by Crippen LogP contribution is 2.20. The van der Waals surface area contributed by atoms with E-state index in [1.54, 1.807) is 24.6 Å². The molecular formula is C19H20N4O2. The monoisotopic (exact) mass is 336 g/mol. The smallest absolute Gasteiger partial charge is 0.253 e. The number of aromatic nitrogens is 1. The van der Waals surface area contributed by atoms with Gasteiger partial charge in [0.05, 0.1) is 30.3 Å². The molecule has 0 bridgehead atoms. The molecule has 1 amide bonds. The summed E-state index contributed by atoms with van der Waals surface area (Å²) >= 11 is 0. The van der Waals surface area contributed by atoms with E-state index in [1.807, 2.05) is 49.3 Å². The van der Waals surface area contributed by atoms with E-state index in [0.29, 0.717) is 17.9 Å². The fraction of sp³-hybridized carbons (Fsp3) is 0.158. The Morgan fingerprint density at radius 2 is 1.92 bits per heavy atom. The third kappa shape index (κ3) is 4.38. The molecule has 0 radical (unpaired) electrons. The van der Waals surface area contributed by atoms with Gasteiger partial charge in [0, 0.05) is 31.7 Å². The first kappa shape index (κ1) is 16.6. The number of benzene rings is 1. The molecule has 6 nitrogen and oxygen atoms in total. The molecule has 0 saturated carbocycles. The molecule has 0 aliphatic carbocycles. The summed E-state index contributed by atoms with van der Waals surface area (Å²) in [6.45, 7) is 0.343. The van der Waals surface area contributed by atoms with Gasteiger partial charge in [0.1, 0.15) is 5.76 Å². The molecule has 3 aromatic rings. The lowest BCUT2D eigenvalue weighted by atomic mass is 10.2. The maximum atomic E-state index is 12.2. The van der Waals surface area contributed by atoms with Gasteiger partial charge in [0.2, 0.25) is 0 Å². The zero-order valence-corrected chi connectivity index (χ0v) is 14.2. The zero-order valence-electron chi connectivity index (χ0n) is 14.2. The second-order valence-electron chi connectivity index (χ2n) is 5.79. The van der Waals surface area contributed by atoms with Crippen molar-refractivity contribution in [3.05, 3.63) is 72.4 Å². The maximum Gasteiger partial charge on any atom is 0.253 e. The van der Waals surface area contributed by atoms with Crippen molar-refractivity contribution in [1.29, 1.82) is 0 Å². The molecule has 0 unspecified atom stereocenters. The van der Waals surface area contributed by atoms with Gasteiger partial charge in [-0.1, -0.05) is 0 Å². The lowest BCUT2D eigenvalue weighted by Gasteiger charge is -2.13. The van der Waals surface area contributed by atoms with E-state index in [9.17, 15) is 4.79 Å². The summed E-state index contributed by atoms with van der Waals surface area (Å²) in [7, 11) is 3.99. The average molecular weight is 336 g/mol. The van der Waals surface area contributed by atoms with Gasteiger partial charge in [-0.3, -0.25) is 9.78 Å². The summed E-state index contributed by atoms with van der Waals surface area (Å²) in [6.07, 6.45) is 4.80. The van der Waals surface area contributed by atoms with E-state index < -0.39 is 0 Å². The Morgan fingerprint density at radius 3 is 2.60 bits per heavy atom. The van der Waals surface area contributed by atoms with Gasteiger partial charge in [0.15, 0.2) is 0 Å². The zero-order chi connectivity index (χ0) is 17.6. The molecule has 2 N–H and O–H groups in total. The van der Waals surface area contributed by atoms with Crippen LogP contribution in [-0.2, 0) is 6.54 Å². The van der Waals surface area contributed by atoms with Crippen LogP contribution in [0.1, 0.15) is 16.1 Å². The largest absolute Gasteiger partial charge is 0.467 e. The van der Waals surface area contributed by atoms with Gasteiger partial charge < -0.3 is 20.0 Å². The Labute approximate surface area is 146 Å². The Kier molecular flexibility index (Phi) is 4.99. The molecule has 0 atom stereocenters. The molecule has 0 saturated heterocycles. The van der Waals surface area contributed by atoms with Gasteiger partial charge in [-0.15, -0.1) is 0 Å². The van der Waals surface area contributed by atoms with Gasteiger partial charge in [-0.25, -0.2) is 0 Å². The molecule has 3 rings (SSSR count). The topological polar surface area (TPSA) is 70.4 Å². The van der Waals surface area contributed by atoms with Crippen LogP contribution in [0.4, 0.5) is 17.1 Å². The van der Waals surface area contributed by atoms with Gasteiger partial charge in [-0.05, 0) is 42.5 Å². The number of hydrogen-bond donors (Lipinski definition) is 2. The van der Waals surface area contributed by atoms with E-state index in [4.69, 9.17) is 4.42 Å². The molecule has 2 heterocycles. The molecule has 6 heteroatoms. The molecular weight excluding hydrogens is 316 g/mol. The number of pyridine rings is 1. The molecule has 0 fully saturated rings. The third-order valence-electron chi connectivity index (χ3n) is 3.68. The van der Waals surface area contributed by atoms with Crippen LogP contribution in [0.15, 0.2) is 65.5 Å². The van der Waals surface area contributed by atoms with Gasteiger partial charge >= 0.3 is 0 Å². The standard InChI is InChI=1S/C19H20N4O2/c1-23(2)17-7-5-15(6-8-17)22-16-10-14(11-20-12-16)19(24)21-13-18-4-3-9-25-18/h3-12,22H,13H2,1-2H3,(H,21,24). The van der Waals surface area contributed by atoms with Crippen molar-refractivity contribution in [1.82, 2.24) is 10.3 Å². The Bertz CT molecular complexity index is 827. The molecule has 0 aliphatic rings. The van der Waals surface area contributed by atoms with Crippen molar-refractivity contribution in [3.63, 3.8) is 0 Å². The lowest BCUT2D eigenvalue weighted by Crippen LogP contribution is -2.22. The first-order valence-electron chi connectivity index (χ1n) is 7.92. The molecule has 128 valence electrons. The number of hydrogen-bond acceptors (Lipinski definition) is 5. The van der Waals surface area contributed by atoms with Crippen molar-refractivity contribution in [2.24, 2.45) is 0 Å². The number of furan rings is 1. The summed E-state index contributed by atoms with van der Waals surface area (Å²) < 4.78 is 5.20. The Balaban J connectivity index is 1.65. The van der Waals surface area contributed by atoms with Crippen LogP contribution in [0.3, 0.4) is 0 Å². The van der Waals surface area contributed by atoms with Gasteiger partial charge in [-0.2, -0.15) is 0 Å². The second kappa shape index (κ2) is 7.53. The van der Waals surface area contributed by atoms with Crippen LogP contribution in [0.5, 0.6) is 0 Å². The number of nitrogens with zero attached hydrogens (tertiary/aromatic N) is 2. The number of anilines is 3. The fourth-order valence-corrected chi connectivity index (χ4v) is 2.32. The number of rotatable bonds is 6. The van der Waals surface area contributed by atoms with Crippen LogP contribution in [0.25, 0.3) is 0 Å². The van der Waals surface area contributed by atoms with Crippen molar-refractivity contribution >= 4 is 23.0 Å². The predicted molar refractivity (Wildman–Crippen MR) is 98.2 cm³/mol. The second-order valence-corrected chi connectivity index (χ2v) is 5.79. The number of nitrogens with one attached hydrogen (secondary N) is 2. The fourth-order valence-electron chi connectivity index (χ4n) is 2.32. The van der Waals surface area contributed by atoms with Crippen LogP contribution < -0.4 is 15.5 Å². The van der Waals surface area contributed by atoms with Crippen LogP contribution in [0.2, 0.25) is 0 Å². The highest BCUT2D eigenvalue weighted by atomic mass is 16.3.